The Morgan fingerprint density at radius 3 is 1.62 bits per heavy atom. The fraction of sp³-hybridized carbons (Fsp3) is 0.0769. The molecule has 0 fully saturated rings. The van der Waals surface area contributed by atoms with Gasteiger partial charge in [-0.25, -0.2) is 0 Å². The molecular weight excluding hydrogens is 312 g/mol. The van der Waals surface area contributed by atoms with Gasteiger partial charge in [0.15, 0.2) is 0 Å². The average Bonchev–Trinajstić information content (AvgIpc) is 2.74. The molecule has 0 amide bonds. The third-order valence-corrected chi connectivity index (χ3v) is 5.68. The van der Waals surface area contributed by atoms with Gasteiger partial charge in [-0.15, -0.1) is 0 Å². The summed E-state index contributed by atoms with van der Waals surface area (Å²) in [5.41, 5.74) is 8.08. The Morgan fingerprint density at radius 1 is 0.462 bits per heavy atom. The smallest absolute Gasteiger partial charge is 0.0497 e. The summed E-state index contributed by atoms with van der Waals surface area (Å²) in [6.07, 6.45) is 0.980. The summed E-state index contributed by atoms with van der Waals surface area (Å²) >= 11 is 0. The Balaban J connectivity index is 1.90. The summed E-state index contributed by atoms with van der Waals surface area (Å²) in [4.78, 5) is 0. The van der Waals surface area contributed by atoms with Crippen LogP contribution in [0.4, 0.5) is 0 Å². The predicted molar refractivity (Wildman–Crippen MR) is 108 cm³/mol. The normalized spacial score (nSPS) is 14.3. The minimum absolute atomic E-state index is 0.159. The molecule has 0 saturated heterocycles. The van der Waals surface area contributed by atoms with E-state index in [2.05, 4.69) is 109 Å². The fourth-order valence-electron chi connectivity index (χ4n) is 4.54. The van der Waals surface area contributed by atoms with Crippen molar-refractivity contribution in [1.82, 2.24) is 0 Å². The van der Waals surface area contributed by atoms with Crippen LogP contribution in [0.25, 0.3) is 11.1 Å². The molecule has 124 valence electrons. The fourth-order valence-corrected chi connectivity index (χ4v) is 4.54. The van der Waals surface area contributed by atoms with Crippen LogP contribution in [-0.2, 0) is 11.8 Å². The van der Waals surface area contributed by atoms with E-state index in [1.807, 2.05) is 0 Å². The maximum absolute atomic E-state index is 2.31. The molecule has 0 nitrogen and oxygen atoms in total. The summed E-state index contributed by atoms with van der Waals surface area (Å²) in [6.45, 7) is 0. The highest BCUT2D eigenvalue weighted by Gasteiger charge is 2.41. The van der Waals surface area contributed by atoms with Gasteiger partial charge < -0.3 is 0 Å². The van der Waals surface area contributed by atoms with Gasteiger partial charge >= 0.3 is 0 Å². The number of hydrogen-bond donors (Lipinski definition) is 0. The lowest BCUT2D eigenvalue weighted by atomic mass is 9.61. The minimum atomic E-state index is -0.159. The van der Waals surface area contributed by atoms with E-state index in [4.69, 9.17) is 0 Å². The van der Waals surface area contributed by atoms with E-state index < -0.39 is 0 Å². The molecule has 0 N–H and O–H groups in total. The first kappa shape index (κ1) is 15.2. The Morgan fingerprint density at radius 2 is 0.962 bits per heavy atom. The summed E-state index contributed by atoms with van der Waals surface area (Å²) in [5.74, 6) is 0. The third-order valence-electron chi connectivity index (χ3n) is 5.68. The molecule has 4 aromatic carbocycles. The Labute approximate surface area is 154 Å². The lowest BCUT2D eigenvalue weighted by Gasteiger charge is -2.41. The zero-order chi connectivity index (χ0) is 17.4. The van der Waals surface area contributed by atoms with Gasteiger partial charge in [0.05, 0.1) is 0 Å². The number of hydrogen-bond acceptors (Lipinski definition) is 0. The molecule has 5 rings (SSSR count). The third kappa shape index (κ3) is 2.16. The van der Waals surface area contributed by atoms with E-state index in [9.17, 15) is 0 Å². The summed E-state index contributed by atoms with van der Waals surface area (Å²) in [7, 11) is 0. The van der Waals surface area contributed by atoms with Crippen molar-refractivity contribution in [3.63, 3.8) is 0 Å². The van der Waals surface area contributed by atoms with Gasteiger partial charge in [0.2, 0.25) is 0 Å². The number of rotatable bonds is 2. The Kier molecular flexibility index (Phi) is 3.50. The van der Waals surface area contributed by atoms with Crippen molar-refractivity contribution in [3.05, 3.63) is 131 Å². The molecule has 0 heterocycles. The second-order valence-electron chi connectivity index (χ2n) is 7.02. The molecule has 0 aromatic heterocycles. The molecule has 0 aliphatic heterocycles. The van der Waals surface area contributed by atoms with E-state index in [0.717, 1.165) is 6.42 Å². The summed E-state index contributed by atoms with van der Waals surface area (Å²) < 4.78 is 0. The van der Waals surface area contributed by atoms with Crippen LogP contribution in [0.2, 0.25) is 0 Å². The van der Waals surface area contributed by atoms with Gasteiger partial charge in [0.1, 0.15) is 0 Å². The Bertz CT molecular complexity index is 1010. The molecule has 1 aliphatic rings. The van der Waals surface area contributed by atoms with Gasteiger partial charge in [0.25, 0.3) is 0 Å². The van der Waals surface area contributed by atoms with Crippen LogP contribution < -0.4 is 0 Å². The van der Waals surface area contributed by atoms with Gasteiger partial charge in [-0.05, 0) is 39.8 Å². The van der Waals surface area contributed by atoms with Gasteiger partial charge in [0, 0.05) is 5.41 Å². The van der Waals surface area contributed by atoms with Crippen molar-refractivity contribution in [1.29, 1.82) is 0 Å². The molecule has 0 atom stereocenters. The number of benzene rings is 4. The van der Waals surface area contributed by atoms with Crippen LogP contribution in [0.5, 0.6) is 0 Å². The molecule has 0 radical (unpaired) electrons. The summed E-state index contributed by atoms with van der Waals surface area (Å²) in [6, 6.07) is 39.7. The average molecular weight is 332 g/mol. The highest BCUT2D eigenvalue weighted by atomic mass is 14.4. The van der Waals surface area contributed by atoms with Crippen LogP contribution in [0, 0.1) is 0 Å². The summed E-state index contributed by atoms with van der Waals surface area (Å²) in [5, 5.41) is 0. The zero-order valence-electron chi connectivity index (χ0n) is 14.6. The van der Waals surface area contributed by atoms with Crippen molar-refractivity contribution >= 4 is 0 Å². The molecular formula is C26H20. The van der Waals surface area contributed by atoms with E-state index in [1.165, 1.54) is 33.4 Å². The monoisotopic (exact) mass is 332 g/mol. The molecule has 0 spiro atoms. The molecule has 4 aromatic rings. The van der Waals surface area contributed by atoms with Crippen LogP contribution in [-0.4, -0.2) is 0 Å². The largest absolute Gasteiger partial charge is 0.0622 e. The first-order valence-electron chi connectivity index (χ1n) is 9.18. The van der Waals surface area contributed by atoms with Crippen molar-refractivity contribution in [2.75, 3.05) is 0 Å². The maximum atomic E-state index is 2.31. The quantitative estimate of drug-likeness (QED) is 0.407. The highest BCUT2D eigenvalue weighted by molar-refractivity contribution is 5.78. The lowest BCUT2D eigenvalue weighted by molar-refractivity contribution is 0.606. The van der Waals surface area contributed by atoms with E-state index in [1.54, 1.807) is 0 Å². The highest BCUT2D eigenvalue weighted by Crippen LogP contribution is 2.50. The molecule has 0 unspecified atom stereocenters. The van der Waals surface area contributed by atoms with Crippen LogP contribution in [0.3, 0.4) is 0 Å². The van der Waals surface area contributed by atoms with Crippen LogP contribution >= 0.6 is 0 Å². The van der Waals surface area contributed by atoms with E-state index in [-0.39, 0.29) is 5.41 Å². The predicted octanol–water partition coefficient (Wildman–Crippen LogP) is 6.24. The minimum Gasteiger partial charge on any atom is -0.0622 e. The topological polar surface area (TPSA) is 0 Å². The molecule has 1 aliphatic carbocycles. The first-order valence-corrected chi connectivity index (χ1v) is 9.18. The van der Waals surface area contributed by atoms with Crippen molar-refractivity contribution in [2.45, 2.75) is 11.8 Å². The van der Waals surface area contributed by atoms with Crippen molar-refractivity contribution in [2.24, 2.45) is 0 Å². The van der Waals surface area contributed by atoms with Crippen LogP contribution in [0.15, 0.2) is 109 Å². The second-order valence-corrected chi connectivity index (χ2v) is 7.02. The molecule has 0 bridgehead atoms. The van der Waals surface area contributed by atoms with E-state index >= 15 is 0 Å². The SMILES string of the molecule is c1ccc(C2(c3ccccc3)Cc3ccccc3-c3ccccc32)cc1. The van der Waals surface area contributed by atoms with Crippen molar-refractivity contribution < 1.29 is 0 Å². The standard InChI is InChI=1S/C26H20/c1-3-12-21(13-4-1)26(22-14-5-2-6-15-22)19-20-11-7-8-16-23(20)24-17-9-10-18-25(24)26/h1-18H,19H2. The van der Waals surface area contributed by atoms with Gasteiger partial charge in [-0.1, -0.05) is 109 Å². The van der Waals surface area contributed by atoms with Crippen molar-refractivity contribution in [3.8, 4) is 11.1 Å². The van der Waals surface area contributed by atoms with Crippen LogP contribution in [0.1, 0.15) is 22.3 Å². The second kappa shape index (κ2) is 6.00. The molecule has 0 heteroatoms. The molecule has 0 saturated carbocycles. The maximum Gasteiger partial charge on any atom is 0.0497 e. The Hall–Kier alpha value is -3.12. The molecule has 26 heavy (non-hydrogen) atoms. The zero-order valence-corrected chi connectivity index (χ0v) is 14.6. The van der Waals surface area contributed by atoms with Gasteiger partial charge in [-0.3, -0.25) is 0 Å². The number of fused-ring (bicyclic) bond motifs is 3. The lowest BCUT2D eigenvalue weighted by Crippen LogP contribution is -2.35. The first-order chi connectivity index (χ1) is 12.9. The van der Waals surface area contributed by atoms with Gasteiger partial charge in [-0.2, -0.15) is 0 Å². The van der Waals surface area contributed by atoms with E-state index in [0.29, 0.717) is 0 Å².